The van der Waals surface area contributed by atoms with Crippen LogP contribution in [-0.4, -0.2) is 21.4 Å². The van der Waals surface area contributed by atoms with Gasteiger partial charge in [0.2, 0.25) is 5.91 Å². The number of rotatable bonds is 7. The molecular formula is C27H25N5O4. The van der Waals surface area contributed by atoms with Gasteiger partial charge in [0.1, 0.15) is 5.82 Å². The van der Waals surface area contributed by atoms with E-state index in [4.69, 9.17) is 5.73 Å². The van der Waals surface area contributed by atoms with Crippen LogP contribution >= 0.6 is 0 Å². The summed E-state index contributed by atoms with van der Waals surface area (Å²) in [5, 5.41) is 2.65. The lowest BCUT2D eigenvalue weighted by atomic mass is 10.1. The summed E-state index contributed by atoms with van der Waals surface area (Å²) in [6, 6.07) is 24.7. The van der Waals surface area contributed by atoms with Crippen LogP contribution in [0, 0.1) is 0 Å². The maximum Gasteiger partial charge on any atom is 0.330 e. The first-order valence-corrected chi connectivity index (χ1v) is 11.2. The van der Waals surface area contributed by atoms with Crippen LogP contribution in [0.3, 0.4) is 0 Å². The van der Waals surface area contributed by atoms with Gasteiger partial charge in [0.25, 0.3) is 11.5 Å². The summed E-state index contributed by atoms with van der Waals surface area (Å²) in [7, 11) is 0. The van der Waals surface area contributed by atoms with Crippen LogP contribution in [0.4, 0.5) is 17.2 Å². The van der Waals surface area contributed by atoms with Crippen LogP contribution in [0.5, 0.6) is 0 Å². The molecule has 0 spiro atoms. The molecule has 4 N–H and O–H groups in total. The normalized spacial score (nSPS) is 10.6. The smallest absolute Gasteiger partial charge is 0.330 e. The first-order chi connectivity index (χ1) is 17.3. The first-order valence-electron chi connectivity index (χ1n) is 11.2. The fourth-order valence-corrected chi connectivity index (χ4v) is 3.87. The van der Waals surface area contributed by atoms with Gasteiger partial charge in [-0.05, 0) is 29.3 Å². The number of H-pyrrole nitrogens is 1. The number of aromatic amines is 1. The quantitative estimate of drug-likeness (QED) is 0.372. The Morgan fingerprint density at radius 2 is 1.56 bits per heavy atom. The van der Waals surface area contributed by atoms with E-state index < -0.39 is 17.2 Å². The van der Waals surface area contributed by atoms with Gasteiger partial charge >= 0.3 is 5.69 Å². The predicted molar refractivity (Wildman–Crippen MR) is 139 cm³/mol. The molecule has 9 heteroatoms. The van der Waals surface area contributed by atoms with Crippen molar-refractivity contribution in [1.82, 2.24) is 9.55 Å². The number of nitrogen functional groups attached to an aromatic ring is 1. The van der Waals surface area contributed by atoms with Crippen LogP contribution in [-0.2, 0) is 17.9 Å². The van der Waals surface area contributed by atoms with Crippen molar-refractivity contribution in [2.75, 3.05) is 16.0 Å². The molecule has 0 aliphatic rings. The SMILES string of the molecule is CC(=O)Nc1cccc(C(=O)N(Cc2ccccc2)c2c(N)n(Cc3ccccc3)c(=O)[nH]c2=O)c1. The average Bonchev–Trinajstić information content (AvgIpc) is 2.86. The summed E-state index contributed by atoms with van der Waals surface area (Å²) in [4.78, 5) is 54.5. The molecule has 0 aliphatic carbocycles. The van der Waals surface area contributed by atoms with Crippen LogP contribution in [0.25, 0.3) is 0 Å². The molecule has 182 valence electrons. The molecule has 2 amide bonds. The van der Waals surface area contributed by atoms with Crippen LogP contribution in [0.1, 0.15) is 28.4 Å². The van der Waals surface area contributed by atoms with Crippen LogP contribution in [0.2, 0.25) is 0 Å². The summed E-state index contributed by atoms with van der Waals surface area (Å²) in [6.07, 6.45) is 0. The van der Waals surface area contributed by atoms with E-state index in [9.17, 15) is 19.2 Å². The molecule has 1 aromatic heterocycles. The first kappa shape index (κ1) is 24.2. The van der Waals surface area contributed by atoms with E-state index in [0.717, 1.165) is 11.1 Å². The molecule has 0 fully saturated rings. The van der Waals surface area contributed by atoms with Crippen molar-refractivity contribution in [2.24, 2.45) is 0 Å². The highest BCUT2D eigenvalue weighted by atomic mass is 16.2. The van der Waals surface area contributed by atoms with Crippen molar-refractivity contribution >= 4 is 29.0 Å². The van der Waals surface area contributed by atoms with Gasteiger partial charge in [0, 0.05) is 18.2 Å². The van der Waals surface area contributed by atoms with Crippen molar-refractivity contribution in [3.05, 3.63) is 122 Å². The Bertz CT molecular complexity index is 1510. The predicted octanol–water partition coefficient (Wildman–Crippen LogP) is 2.97. The highest BCUT2D eigenvalue weighted by molar-refractivity contribution is 6.08. The average molecular weight is 484 g/mol. The summed E-state index contributed by atoms with van der Waals surface area (Å²) in [6.45, 7) is 1.51. The van der Waals surface area contributed by atoms with Crippen molar-refractivity contribution in [3.63, 3.8) is 0 Å². The number of nitrogens with zero attached hydrogens (tertiary/aromatic N) is 2. The van der Waals surface area contributed by atoms with Gasteiger partial charge in [-0.25, -0.2) is 4.79 Å². The molecule has 0 bridgehead atoms. The van der Waals surface area contributed by atoms with Gasteiger partial charge in [-0.15, -0.1) is 0 Å². The zero-order valence-corrected chi connectivity index (χ0v) is 19.6. The Hall–Kier alpha value is -4.92. The Morgan fingerprint density at radius 3 is 2.19 bits per heavy atom. The second-order valence-corrected chi connectivity index (χ2v) is 8.20. The molecule has 1 heterocycles. The Morgan fingerprint density at radius 1 is 0.917 bits per heavy atom. The number of carbonyl (C=O) groups is 2. The zero-order valence-electron chi connectivity index (χ0n) is 19.6. The highest BCUT2D eigenvalue weighted by Crippen LogP contribution is 2.24. The van der Waals surface area contributed by atoms with Gasteiger partial charge in [-0.2, -0.15) is 0 Å². The largest absolute Gasteiger partial charge is 0.383 e. The number of nitrogens with one attached hydrogen (secondary N) is 2. The number of benzene rings is 3. The standard InChI is InChI=1S/C27H25N5O4/c1-18(33)29-22-14-8-13-21(15-22)26(35)31(16-19-9-4-2-5-10-19)23-24(28)32(27(36)30-25(23)34)17-20-11-6-3-7-12-20/h2-15H,16-17,28H2,1H3,(H,29,33)(H,30,34,36). The number of amides is 2. The van der Waals surface area contributed by atoms with E-state index in [0.29, 0.717) is 5.69 Å². The maximum absolute atomic E-state index is 13.8. The number of anilines is 3. The number of aromatic nitrogens is 2. The van der Waals surface area contributed by atoms with E-state index in [1.807, 2.05) is 60.7 Å². The minimum atomic E-state index is -0.774. The van der Waals surface area contributed by atoms with E-state index in [-0.39, 0.29) is 36.1 Å². The van der Waals surface area contributed by atoms with Crippen molar-refractivity contribution in [2.45, 2.75) is 20.0 Å². The van der Waals surface area contributed by atoms with Gasteiger partial charge in [-0.1, -0.05) is 66.7 Å². The second kappa shape index (κ2) is 10.6. The fourth-order valence-electron chi connectivity index (χ4n) is 3.87. The molecule has 0 unspecified atom stereocenters. The molecule has 0 saturated carbocycles. The number of nitrogens with two attached hydrogens (primary N) is 1. The Balaban J connectivity index is 1.83. The highest BCUT2D eigenvalue weighted by Gasteiger charge is 2.26. The Labute approximate surface area is 206 Å². The summed E-state index contributed by atoms with van der Waals surface area (Å²) >= 11 is 0. The van der Waals surface area contributed by atoms with Crippen LogP contribution in [0.15, 0.2) is 94.5 Å². The molecule has 9 nitrogen and oxygen atoms in total. The van der Waals surface area contributed by atoms with Crippen molar-refractivity contribution in [1.29, 1.82) is 0 Å². The molecule has 0 saturated heterocycles. The van der Waals surface area contributed by atoms with Gasteiger partial charge in [0.05, 0.1) is 13.1 Å². The molecule has 0 radical (unpaired) electrons. The summed E-state index contributed by atoms with van der Waals surface area (Å²) in [5.74, 6) is -0.933. The lowest BCUT2D eigenvalue weighted by Crippen LogP contribution is -2.41. The van der Waals surface area contributed by atoms with Gasteiger partial charge < -0.3 is 11.1 Å². The number of hydrogen-bond donors (Lipinski definition) is 3. The number of hydrogen-bond acceptors (Lipinski definition) is 5. The van der Waals surface area contributed by atoms with Crippen LogP contribution < -0.4 is 27.2 Å². The second-order valence-electron chi connectivity index (χ2n) is 8.20. The van der Waals surface area contributed by atoms with E-state index in [2.05, 4.69) is 10.3 Å². The molecule has 4 aromatic rings. The lowest BCUT2D eigenvalue weighted by molar-refractivity contribution is -0.114. The fraction of sp³-hybridized carbons (Fsp3) is 0.111. The number of carbonyl (C=O) groups excluding carboxylic acids is 2. The Kier molecular flexibility index (Phi) is 7.10. The molecular weight excluding hydrogens is 458 g/mol. The van der Waals surface area contributed by atoms with Gasteiger partial charge in [0.15, 0.2) is 5.69 Å². The maximum atomic E-state index is 13.8. The molecule has 0 aliphatic heterocycles. The molecule has 0 atom stereocenters. The summed E-state index contributed by atoms with van der Waals surface area (Å²) in [5.41, 5.74) is 7.03. The third-order valence-electron chi connectivity index (χ3n) is 5.53. The molecule has 36 heavy (non-hydrogen) atoms. The van der Waals surface area contributed by atoms with Gasteiger partial charge in [-0.3, -0.25) is 28.8 Å². The third kappa shape index (κ3) is 5.41. The minimum absolute atomic E-state index is 0.0286. The van der Waals surface area contributed by atoms with E-state index in [1.165, 1.54) is 22.5 Å². The summed E-state index contributed by atoms with van der Waals surface area (Å²) < 4.78 is 1.23. The third-order valence-corrected chi connectivity index (χ3v) is 5.53. The van der Waals surface area contributed by atoms with E-state index >= 15 is 0 Å². The zero-order chi connectivity index (χ0) is 25.7. The lowest BCUT2D eigenvalue weighted by Gasteiger charge is -2.25. The monoisotopic (exact) mass is 483 g/mol. The van der Waals surface area contributed by atoms with E-state index in [1.54, 1.807) is 18.2 Å². The molecule has 4 rings (SSSR count). The topological polar surface area (TPSA) is 130 Å². The minimum Gasteiger partial charge on any atom is -0.383 e. The van der Waals surface area contributed by atoms with Crippen molar-refractivity contribution in [3.8, 4) is 0 Å². The molecule has 3 aromatic carbocycles. The van der Waals surface area contributed by atoms with Crippen molar-refractivity contribution < 1.29 is 9.59 Å².